The second-order valence-corrected chi connectivity index (χ2v) is 5.42. The van der Waals surface area contributed by atoms with Crippen LogP contribution in [0.25, 0.3) is 10.9 Å². The number of aliphatic imine (C=N–C) groups is 1. The van der Waals surface area contributed by atoms with Crippen molar-refractivity contribution in [3.05, 3.63) is 35.8 Å². The summed E-state index contributed by atoms with van der Waals surface area (Å²) in [5.41, 5.74) is 1.91. The molecule has 1 aromatic heterocycles. The van der Waals surface area contributed by atoms with E-state index in [1.807, 2.05) is 13.1 Å². The molecule has 6 nitrogen and oxygen atoms in total. The number of aromatic amines is 1. The third-order valence-corrected chi connectivity index (χ3v) is 3.52. The number of halogens is 1. The lowest BCUT2D eigenvalue weighted by Gasteiger charge is -2.11. The molecule has 0 radical (unpaired) electrons. The molecule has 7 heteroatoms. The number of amides is 1. The van der Waals surface area contributed by atoms with Gasteiger partial charge in [-0.3, -0.25) is 9.79 Å². The van der Waals surface area contributed by atoms with Gasteiger partial charge in [-0.05, 0) is 37.1 Å². The number of fused-ring (bicyclic) bond motifs is 1. The van der Waals surface area contributed by atoms with Crippen LogP contribution in [0.4, 0.5) is 4.39 Å². The predicted octanol–water partition coefficient (Wildman–Crippen LogP) is 1.54. The maximum absolute atomic E-state index is 13.2. The summed E-state index contributed by atoms with van der Waals surface area (Å²) in [7, 11) is 0. The second-order valence-electron chi connectivity index (χ2n) is 5.42. The molecule has 24 heavy (non-hydrogen) atoms. The highest BCUT2D eigenvalue weighted by Crippen LogP contribution is 2.19. The van der Waals surface area contributed by atoms with Gasteiger partial charge < -0.3 is 20.9 Å². The van der Waals surface area contributed by atoms with Gasteiger partial charge in [0.15, 0.2) is 5.96 Å². The fourth-order valence-electron chi connectivity index (χ4n) is 2.41. The number of H-pyrrole nitrogens is 1. The molecule has 0 unspecified atom stereocenters. The smallest absolute Gasteiger partial charge is 0.216 e. The Labute approximate surface area is 140 Å². The van der Waals surface area contributed by atoms with E-state index in [2.05, 4.69) is 25.9 Å². The van der Waals surface area contributed by atoms with Crippen LogP contribution in [-0.4, -0.2) is 43.0 Å². The molecule has 0 saturated carbocycles. The summed E-state index contributed by atoms with van der Waals surface area (Å²) >= 11 is 0. The van der Waals surface area contributed by atoms with Crippen molar-refractivity contribution >= 4 is 22.8 Å². The van der Waals surface area contributed by atoms with Gasteiger partial charge in [0.25, 0.3) is 0 Å². The lowest BCUT2D eigenvalue weighted by molar-refractivity contribution is -0.118. The van der Waals surface area contributed by atoms with Gasteiger partial charge in [0.2, 0.25) is 5.91 Å². The highest BCUT2D eigenvalue weighted by molar-refractivity contribution is 5.83. The summed E-state index contributed by atoms with van der Waals surface area (Å²) in [4.78, 5) is 18.4. The minimum absolute atomic E-state index is 0.0467. The fraction of sp³-hybridized carbons (Fsp3) is 0.412. The summed E-state index contributed by atoms with van der Waals surface area (Å²) in [6, 6.07) is 4.75. The molecule has 130 valence electrons. The van der Waals surface area contributed by atoms with Crippen LogP contribution in [0.15, 0.2) is 29.4 Å². The van der Waals surface area contributed by atoms with Crippen LogP contribution < -0.4 is 16.0 Å². The number of guanidine groups is 1. The summed E-state index contributed by atoms with van der Waals surface area (Å²) in [5.74, 6) is 0.426. The maximum atomic E-state index is 13.2. The zero-order valence-corrected chi connectivity index (χ0v) is 14.1. The Hall–Kier alpha value is -2.57. The molecule has 0 saturated heterocycles. The number of carbonyl (C=O) groups excluding carboxylic acids is 1. The zero-order valence-electron chi connectivity index (χ0n) is 14.1. The van der Waals surface area contributed by atoms with Crippen molar-refractivity contribution in [1.82, 2.24) is 20.9 Å². The van der Waals surface area contributed by atoms with Gasteiger partial charge in [-0.1, -0.05) is 0 Å². The first-order valence-corrected chi connectivity index (χ1v) is 8.12. The minimum Gasteiger partial charge on any atom is -0.361 e. The molecule has 0 fully saturated rings. The summed E-state index contributed by atoms with van der Waals surface area (Å²) in [5, 5.41) is 10.1. The van der Waals surface area contributed by atoms with Gasteiger partial charge in [-0.15, -0.1) is 0 Å². The first-order valence-electron chi connectivity index (χ1n) is 8.12. The maximum Gasteiger partial charge on any atom is 0.216 e. The van der Waals surface area contributed by atoms with Crippen LogP contribution in [-0.2, 0) is 11.2 Å². The molecule has 0 bridgehead atoms. The van der Waals surface area contributed by atoms with Gasteiger partial charge in [0.05, 0.1) is 0 Å². The van der Waals surface area contributed by atoms with Crippen LogP contribution >= 0.6 is 0 Å². The van der Waals surface area contributed by atoms with E-state index in [4.69, 9.17) is 0 Å². The van der Waals surface area contributed by atoms with Crippen LogP contribution in [0.1, 0.15) is 19.4 Å². The number of benzene rings is 1. The van der Waals surface area contributed by atoms with E-state index < -0.39 is 0 Å². The topological polar surface area (TPSA) is 81.3 Å². The standard InChI is InChI=1S/C17H24FN5O/c1-3-19-17(22-9-8-20-12(2)24)21-7-6-13-11-23-16-10-14(18)4-5-15(13)16/h4-5,10-11,23H,3,6-9H2,1-2H3,(H,20,24)(H2,19,21,22). The average Bonchev–Trinajstić information content (AvgIpc) is 2.93. The van der Waals surface area contributed by atoms with E-state index in [1.165, 1.54) is 19.1 Å². The molecule has 2 aromatic rings. The Balaban J connectivity index is 1.89. The third-order valence-electron chi connectivity index (χ3n) is 3.52. The number of aromatic nitrogens is 1. The lowest BCUT2D eigenvalue weighted by Crippen LogP contribution is -2.41. The Morgan fingerprint density at radius 1 is 1.25 bits per heavy atom. The minimum atomic E-state index is -0.244. The van der Waals surface area contributed by atoms with E-state index in [0.717, 1.165) is 29.4 Å². The number of nitrogens with one attached hydrogen (secondary N) is 4. The average molecular weight is 333 g/mol. The Bertz CT molecular complexity index is 710. The highest BCUT2D eigenvalue weighted by atomic mass is 19.1. The highest BCUT2D eigenvalue weighted by Gasteiger charge is 2.04. The normalized spacial score (nSPS) is 11.5. The monoisotopic (exact) mass is 333 g/mol. The third kappa shape index (κ3) is 5.26. The number of hydrogen-bond acceptors (Lipinski definition) is 2. The van der Waals surface area contributed by atoms with Gasteiger partial charge >= 0.3 is 0 Å². The van der Waals surface area contributed by atoms with Crippen molar-refractivity contribution < 1.29 is 9.18 Å². The van der Waals surface area contributed by atoms with Crippen LogP contribution in [0.3, 0.4) is 0 Å². The van der Waals surface area contributed by atoms with Crippen LogP contribution in [0, 0.1) is 5.82 Å². The van der Waals surface area contributed by atoms with E-state index in [-0.39, 0.29) is 11.7 Å². The molecule has 0 aliphatic rings. The van der Waals surface area contributed by atoms with Crippen LogP contribution in [0.2, 0.25) is 0 Å². The SMILES string of the molecule is CCNC(=NCCc1c[nH]c2cc(F)ccc12)NCCNC(C)=O. The van der Waals surface area contributed by atoms with E-state index in [1.54, 1.807) is 6.07 Å². The molecule has 1 amide bonds. The lowest BCUT2D eigenvalue weighted by atomic mass is 10.1. The van der Waals surface area contributed by atoms with E-state index in [0.29, 0.717) is 25.6 Å². The summed E-state index contributed by atoms with van der Waals surface area (Å²) in [6.07, 6.45) is 2.66. The predicted molar refractivity (Wildman–Crippen MR) is 94.6 cm³/mol. The molecule has 2 rings (SSSR count). The first kappa shape index (κ1) is 17.8. The van der Waals surface area contributed by atoms with Crippen molar-refractivity contribution in [2.75, 3.05) is 26.2 Å². The number of nitrogens with zero attached hydrogens (tertiary/aromatic N) is 1. The van der Waals surface area contributed by atoms with E-state index >= 15 is 0 Å². The largest absolute Gasteiger partial charge is 0.361 e. The Morgan fingerprint density at radius 3 is 2.79 bits per heavy atom. The Morgan fingerprint density at radius 2 is 2.04 bits per heavy atom. The zero-order chi connectivity index (χ0) is 17.4. The molecule has 0 aliphatic heterocycles. The molecule has 1 aromatic carbocycles. The number of carbonyl (C=O) groups is 1. The van der Waals surface area contributed by atoms with Crippen molar-refractivity contribution in [2.45, 2.75) is 20.3 Å². The fourth-order valence-corrected chi connectivity index (χ4v) is 2.41. The Kier molecular flexibility index (Phi) is 6.60. The molecule has 0 aliphatic carbocycles. The first-order chi connectivity index (χ1) is 11.6. The van der Waals surface area contributed by atoms with Crippen molar-refractivity contribution in [3.63, 3.8) is 0 Å². The van der Waals surface area contributed by atoms with Crippen molar-refractivity contribution in [2.24, 2.45) is 4.99 Å². The van der Waals surface area contributed by atoms with Crippen LogP contribution in [0.5, 0.6) is 0 Å². The van der Waals surface area contributed by atoms with Gasteiger partial charge in [-0.25, -0.2) is 4.39 Å². The second kappa shape index (κ2) is 8.90. The summed E-state index contributed by atoms with van der Waals surface area (Å²) in [6.45, 7) is 6.02. The van der Waals surface area contributed by atoms with Gasteiger partial charge in [0.1, 0.15) is 5.82 Å². The molecular weight excluding hydrogens is 309 g/mol. The molecule has 1 heterocycles. The van der Waals surface area contributed by atoms with Gasteiger partial charge in [0, 0.05) is 50.2 Å². The molecule has 4 N–H and O–H groups in total. The van der Waals surface area contributed by atoms with Gasteiger partial charge in [-0.2, -0.15) is 0 Å². The number of hydrogen-bond donors (Lipinski definition) is 4. The molecular formula is C17H24FN5O. The summed E-state index contributed by atoms with van der Waals surface area (Å²) < 4.78 is 13.2. The van der Waals surface area contributed by atoms with E-state index in [9.17, 15) is 9.18 Å². The van der Waals surface area contributed by atoms with Crippen molar-refractivity contribution in [1.29, 1.82) is 0 Å². The molecule has 0 atom stereocenters. The number of rotatable bonds is 7. The molecule has 0 spiro atoms. The van der Waals surface area contributed by atoms with Crippen molar-refractivity contribution in [3.8, 4) is 0 Å². The quantitative estimate of drug-likeness (QED) is 0.352.